The van der Waals surface area contributed by atoms with Crippen molar-refractivity contribution in [3.8, 4) is 11.5 Å². The molecule has 36 heavy (non-hydrogen) atoms. The summed E-state index contributed by atoms with van der Waals surface area (Å²) in [4.78, 5) is 12.4. The topological polar surface area (TPSA) is 26.3 Å². The Balaban J connectivity index is 0.000000247. The van der Waals surface area contributed by atoms with Gasteiger partial charge in [0.15, 0.2) is 5.78 Å². The van der Waals surface area contributed by atoms with Gasteiger partial charge in [-0.3, -0.25) is 4.79 Å². The molecule has 0 heterocycles. The summed E-state index contributed by atoms with van der Waals surface area (Å²) in [5.74, 6) is 1.90. The molecule has 0 amide bonds. The molecule has 0 N–H and O–H groups in total. The number of ketones is 1. The Labute approximate surface area is 218 Å². The highest BCUT2D eigenvalue weighted by Gasteiger charge is 2.10. The van der Waals surface area contributed by atoms with Gasteiger partial charge in [0.1, 0.15) is 11.5 Å². The summed E-state index contributed by atoms with van der Waals surface area (Å²) in [6, 6.07) is 24.1. The van der Waals surface area contributed by atoms with E-state index in [0.717, 1.165) is 33.8 Å². The summed E-state index contributed by atoms with van der Waals surface area (Å²) in [6.07, 6.45) is 0. The zero-order valence-electron chi connectivity index (χ0n) is 22.2. The highest BCUT2D eigenvalue weighted by molar-refractivity contribution is 6.09. The highest BCUT2D eigenvalue weighted by Crippen LogP contribution is 2.25. The van der Waals surface area contributed by atoms with Crippen LogP contribution in [0.3, 0.4) is 0 Å². The molecule has 0 aromatic heterocycles. The predicted octanol–water partition coefficient (Wildman–Crippen LogP) is 9.50. The lowest BCUT2D eigenvalue weighted by molar-refractivity contribution is 0.103. The second-order valence-electron chi connectivity index (χ2n) is 9.52. The summed E-state index contributed by atoms with van der Waals surface area (Å²) in [5.41, 5.74) is 11.4. The van der Waals surface area contributed by atoms with Crippen molar-refractivity contribution < 1.29 is 9.53 Å². The van der Waals surface area contributed by atoms with Crippen LogP contribution in [0, 0.1) is 55.4 Å². The van der Waals surface area contributed by atoms with Gasteiger partial charge in [0.05, 0.1) is 0 Å². The van der Waals surface area contributed by atoms with Gasteiger partial charge in [-0.25, -0.2) is 0 Å². The van der Waals surface area contributed by atoms with Crippen LogP contribution in [-0.4, -0.2) is 5.78 Å². The van der Waals surface area contributed by atoms with Crippen molar-refractivity contribution in [2.45, 2.75) is 62.8 Å². The molecular formula is C34H40O2. The second-order valence-corrected chi connectivity index (χ2v) is 9.52. The molecule has 0 saturated carbocycles. The van der Waals surface area contributed by atoms with Crippen molar-refractivity contribution in [1.29, 1.82) is 0 Å². The molecule has 0 aliphatic heterocycles. The minimum Gasteiger partial charge on any atom is -0.457 e. The van der Waals surface area contributed by atoms with Crippen LogP contribution in [0.5, 0.6) is 11.5 Å². The fraction of sp³-hybridized carbons (Fsp3) is 0.265. The van der Waals surface area contributed by atoms with Crippen LogP contribution < -0.4 is 4.74 Å². The summed E-state index contributed by atoms with van der Waals surface area (Å²) in [5, 5.41) is 0. The number of aryl methyl sites for hydroxylation is 8. The van der Waals surface area contributed by atoms with Crippen LogP contribution in [0.2, 0.25) is 0 Å². The van der Waals surface area contributed by atoms with Gasteiger partial charge in [0.25, 0.3) is 0 Å². The minimum absolute atomic E-state index is 0. The van der Waals surface area contributed by atoms with E-state index in [4.69, 9.17) is 4.74 Å². The van der Waals surface area contributed by atoms with Crippen molar-refractivity contribution >= 4 is 5.78 Å². The number of ether oxygens (including phenoxy) is 1. The number of carbonyl (C=O) groups is 1. The van der Waals surface area contributed by atoms with Gasteiger partial charge in [0, 0.05) is 11.1 Å². The standard InChI is InChI=1S/C17H18O.C16H18O.CH4/c1-11-5-7-15(9-13(11)3)17(18)16-8-6-12(2)14(4)10-16;1-11-5-7-15(9-13(11)3)17-16-8-6-12(2)14(4)10-16;/h5-10H,1-4H3;5-10H,1-4H3;1H4. The van der Waals surface area contributed by atoms with E-state index >= 15 is 0 Å². The van der Waals surface area contributed by atoms with Gasteiger partial charge in [0.2, 0.25) is 0 Å². The number of carbonyl (C=O) groups excluding carboxylic acids is 1. The van der Waals surface area contributed by atoms with Crippen LogP contribution in [0.25, 0.3) is 0 Å². The number of hydrogen-bond acceptors (Lipinski definition) is 2. The molecule has 0 radical (unpaired) electrons. The molecule has 0 unspecified atom stereocenters. The Bertz CT molecular complexity index is 1260. The first-order chi connectivity index (χ1) is 16.5. The van der Waals surface area contributed by atoms with E-state index < -0.39 is 0 Å². The van der Waals surface area contributed by atoms with Crippen LogP contribution in [0.4, 0.5) is 0 Å². The molecular weight excluding hydrogens is 440 g/mol. The smallest absolute Gasteiger partial charge is 0.193 e. The number of hydrogen-bond donors (Lipinski definition) is 0. The summed E-state index contributed by atoms with van der Waals surface area (Å²) in [6.45, 7) is 16.6. The van der Waals surface area contributed by atoms with Crippen molar-refractivity contribution in [1.82, 2.24) is 0 Å². The van der Waals surface area contributed by atoms with E-state index in [9.17, 15) is 4.79 Å². The normalized spacial score (nSPS) is 10.1. The molecule has 0 aliphatic carbocycles. The Morgan fingerprint density at radius 3 is 1.06 bits per heavy atom. The molecule has 4 aromatic rings. The fourth-order valence-electron chi connectivity index (χ4n) is 3.62. The second kappa shape index (κ2) is 12.4. The van der Waals surface area contributed by atoms with Crippen molar-refractivity contribution in [3.63, 3.8) is 0 Å². The van der Waals surface area contributed by atoms with Crippen LogP contribution in [0.1, 0.15) is 67.9 Å². The highest BCUT2D eigenvalue weighted by atomic mass is 16.5. The number of benzene rings is 4. The first-order valence-corrected chi connectivity index (χ1v) is 12.1. The van der Waals surface area contributed by atoms with E-state index in [1.807, 2.05) is 62.4 Å². The third-order valence-electron chi connectivity index (χ3n) is 6.73. The molecule has 0 atom stereocenters. The molecule has 2 nitrogen and oxygen atoms in total. The third kappa shape index (κ3) is 7.18. The third-order valence-corrected chi connectivity index (χ3v) is 6.73. The van der Waals surface area contributed by atoms with E-state index in [-0.39, 0.29) is 13.2 Å². The first-order valence-electron chi connectivity index (χ1n) is 12.1. The summed E-state index contributed by atoms with van der Waals surface area (Å²) >= 11 is 0. The summed E-state index contributed by atoms with van der Waals surface area (Å²) < 4.78 is 5.85. The van der Waals surface area contributed by atoms with Crippen molar-refractivity contribution in [2.75, 3.05) is 0 Å². The monoisotopic (exact) mass is 480 g/mol. The van der Waals surface area contributed by atoms with Gasteiger partial charge >= 0.3 is 0 Å². The van der Waals surface area contributed by atoms with E-state index in [2.05, 4.69) is 65.8 Å². The molecule has 0 fully saturated rings. The lowest BCUT2D eigenvalue weighted by atomic mass is 9.97. The minimum atomic E-state index is 0. The maximum Gasteiger partial charge on any atom is 0.193 e. The Morgan fingerprint density at radius 1 is 0.444 bits per heavy atom. The Hall–Kier alpha value is -3.65. The maximum absolute atomic E-state index is 12.4. The van der Waals surface area contributed by atoms with Gasteiger partial charge in [-0.1, -0.05) is 43.8 Å². The average Bonchev–Trinajstić information content (AvgIpc) is 2.82. The summed E-state index contributed by atoms with van der Waals surface area (Å²) in [7, 11) is 0. The maximum atomic E-state index is 12.4. The van der Waals surface area contributed by atoms with Crippen molar-refractivity contribution in [2.24, 2.45) is 0 Å². The SMILES string of the molecule is C.Cc1ccc(C(=O)c2ccc(C)c(C)c2)cc1C.Cc1ccc(Oc2ccc(C)c(C)c2)cc1C. The zero-order valence-corrected chi connectivity index (χ0v) is 22.2. The van der Waals surface area contributed by atoms with Crippen molar-refractivity contribution in [3.05, 3.63) is 128 Å². The molecule has 188 valence electrons. The largest absolute Gasteiger partial charge is 0.457 e. The van der Waals surface area contributed by atoms with E-state index in [1.54, 1.807) is 0 Å². The molecule has 0 spiro atoms. The molecule has 4 rings (SSSR count). The Kier molecular flexibility index (Phi) is 9.81. The lowest BCUT2D eigenvalue weighted by Gasteiger charge is -2.09. The van der Waals surface area contributed by atoms with Gasteiger partial charge in [-0.2, -0.15) is 0 Å². The van der Waals surface area contributed by atoms with E-state index in [0.29, 0.717) is 0 Å². The predicted molar refractivity (Wildman–Crippen MR) is 154 cm³/mol. The Morgan fingerprint density at radius 2 is 0.750 bits per heavy atom. The molecule has 0 aliphatic rings. The van der Waals surface area contributed by atoms with Crippen LogP contribution in [0.15, 0.2) is 72.8 Å². The van der Waals surface area contributed by atoms with E-state index in [1.165, 1.54) is 33.4 Å². The lowest BCUT2D eigenvalue weighted by Crippen LogP contribution is -2.03. The first kappa shape index (κ1) is 28.6. The van der Waals surface area contributed by atoms with Crippen LogP contribution in [-0.2, 0) is 0 Å². The van der Waals surface area contributed by atoms with Crippen LogP contribution >= 0.6 is 0 Å². The van der Waals surface area contributed by atoms with Gasteiger partial charge in [-0.05, 0) is 136 Å². The average molecular weight is 481 g/mol. The molecule has 0 saturated heterocycles. The van der Waals surface area contributed by atoms with Gasteiger partial charge in [-0.15, -0.1) is 0 Å². The molecule has 0 bridgehead atoms. The number of rotatable bonds is 4. The van der Waals surface area contributed by atoms with Gasteiger partial charge < -0.3 is 4.74 Å². The fourth-order valence-corrected chi connectivity index (χ4v) is 3.62. The molecule has 4 aromatic carbocycles. The molecule has 2 heteroatoms. The quantitative estimate of drug-likeness (QED) is 0.272. The zero-order chi connectivity index (χ0) is 25.7.